The molecule has 2 aliphatic carbocycles. The van der Waals surface area contributed by atoms with Crippen molar-refractivity contribution in [2.45, 2.75) is 44.4 Å². The molecule has 0 aromatic heterocycles. The third kappa shape index (κ3) is 3.50. The molecule has 5 nitrogen and oxygen atoms in total. The molecule has 4 atom stereocenters. The van der Waals surface area contributed by atoms with Gasteiger partial charge in [0.15, 0.2) is 0 Å². The fraction of sp³-hybridized carbons (Fsp3) is 0.917. The van der Waals surface area contributed by atoms with Crippen molar-refractivity contribution >= 4 is 16.1 Å². The molecule has 21 heavy (non-hydrogen) atoms. The van der Waals surface area contributed by atoms with E-state index in [-0.39, 0.29) is 5.92 Å². The van der Waals surface area contributed by atoms with Gasteiger partial charge in [-0.3, -0.25) is 9.35 Å². The molecule has 2 bridgehead atoms. The molecule has 0 saturated heterocycles. The Hall–Kier alpha value is -0.830. The zero-order valence-electron chi connectivity index (χ0n) is 11.4. The number of hydrogen-bond donors (Lipinski definition) is 1. The van der Waals surface area contributed by atoms with E-state index in [1.54, 1.807) is 0 Å². The fourth-order valence-electron chi connectivity index (χ4n) is 3.35. The summed E-state index contributed by atoms with van der Waals surface area (Å²) in [4.78, 5) is 12.0. The Bertz CT molecular complexity index is 530. The van der Waals surface area contributed by atoms with Gasteiger partial charge in [-0.15, -0.1) is 0 Å². The van der Waals surface area contributed by atoms with Crippen LogP contribution in [0.2, 0.25) is 0 Å². The van der Waals surface area contributed by atoms with E-state index in [0.717, 1.165) is 19.3 Å². The van der Waals surface area contributed by atoms with Gasteiger partial charge in [0, 0.05) is 0 Å². The van der Waals surface area contributed by atoms with Crippen LogP contribution >= 0.6 is 0 Å². The minimum absolute atomic E-state index is 0.0192. The zero-order valence-corrected chi connectivity index (χ0v) is 12.2. The molecule has 9 heteroatoms. The van der Waals surface area contributed by atoms with E-state index in [0.29, 0.717) is 19.3 Å². The number of ether oxygens (including phenoxy) is 1. The summed E-state index contributed by atoms with van der Waals surface area (Å²) in [6, 6.07) is 0. The molecule has 0 aromatic rings. The summed E-state index contributed by atoms with van der Waals surface area (Å²) in [5.41, 5.74) is -3.24. The Balaban J connectivity index is 2.14. The van der Waals surface area contributed by atoms with Gasteiger partial charge < -0.3 is 4.74 Å². The number of esters is 1. The monoisotopic (exact) mass is 330 g/mol. The van der Waals surface area contributed by atoms with Crippen molar-refractivity contribution in [2.75, 3.05) is 5.75 Å². The average Bonchev–Trinajstić information content (AvgIpc) is 2.85. The SMILES string of the molecule is CC(CS(=O)(=O)O)(OC(=O)C1CC2CCC1C2)C(F)(F)F. The maximum Gasteiger partial charge on any atom is 0.429 e. The van der Waals surface area contributed by atoms with Gasteiger partial charge in [-0.25, -0.2) is 0 Å². The maximum absolute atomic E-state index is 13.0. The molecular weight excluding hydrogens is 313 g/mol. The van der Waals surface area contributed by atoms with Crippen molar-refractivity contribution in [3.05, 3.63) is 0 Å². The Morgan fingerprint density at radius 2 is 1.90 bits per heavy atom. The smallest absolute Gasteiger partial charge is 0.429 e. The summed E-state index contributed by atoms with van der Waals surface area (Å²) >= 11 is 0. The average molecular weight is 330 g/mol. The lowest BCUT2D eigenvalue weighted by molar-refractivity contribution is -0.258. The standard InChI is InChI=1S/C12H17F3O5S/c1-11(12(13,14)15,6-21(17,18)19)20-10(16)9-5-7-2-3-8(9)4-7/h7-9H,2-6H2,1H3,(H,17,18,19). The van der Waals surface area contributed by atoms with E-state index >= 15 is 0 Å². The van der Waals surface area contributed by atoms with Crippen LogP contribution in [0.1, 0.15) is 32.6 Å². The Kier molecular flexibility index (Phi) is 4.03. The summed E-state index contributed by atoms with van der Waals surface area (Å²) < 4.78 is 73.8. The lowest BCUT2D eigenvalue weighted by atomic mass is 9.89. The summed E-state index contributed by atoms with van der Waals surface area (Å²) in [6.45, 7) is 0.464. The topological polar surface area (TPSA) is 80.7 Å². The molecule has 0 radical (unpaired) electrons. The van der Waals surface area contributed by atoms with Gasteiger partial charge >= 0.3 is 12.1 Å². The van der Waals surface area contributed by atoms with E-state index in [1.807, 2.05) is 0 Å². The molecule has 1 N–H and O–H groups in total. The van der Waals surface area contributed by atoms with Crippen LogP contribution in [0.25, 0.3) is 0 Å². The third-order valence-corrected chi connectivity index (χ3v) is 5.34. The van der Waals surface area contributed by atoms with Crippen LogP contribution in [0.3, 0.4) is 0 Å². The Morgan fingerprint density at radius 1 is 1.29 bits per heavy atom. The predicted molar refractivity (Wildman–Crippen MR) is 65.9 cm³/mol. The fourth-order valence-corrected chi connectivity index (χ4v) is 4.27. The highest BCUT2D eigenvalue weighted by molar-refractivity contribution is 7.85. The highest BCUT2D eigenvalue weighted by Crippen LogP contribution is 2.49. The summed E-state index contributed by atoms with van der Waals surface area (Å²) in [5, 5.41) is 0. The second kappa shape index (κ2) is 5.12. The van der Waals surface area contributed by atoms with Crippen LogP contribution in [0.5, 0.6) is 0 Å². The van der Waals surface area contributed by atoms with Crippen molar-refractivity contribution in [1.82, 2.24) is 0 Å². The summed E-state index contributed by atoms with van der Waals surface area (Å²) in [7, 11) is -4.94. The lowest BCUT2D eigenvalue weighted by Crippen LogP contribution is -2.52. The van der Waals surface area contributed by atoms with Gasteiger partial charge in [0.1, 0.15) is 5.75 Å². The number of fused-ring (bicyclic) bond motifs is 2. The molecule has 2 aliphatic rings. The van der Waals surface area contributed by atoms with E-state index in [9.17, 15) is 26.4 Å². The van der Waals surface area contributed by atoms with Crippen LogP contribution in [0.15, 0.2) is 0 Å². The Labute approximate surface area is 120 Å². The first-order valence-electron chi connectivity index (χ1n) is 6.66. The number of carbonyl (C=O) groups is 1. The van der Waals surface area contributed by atoms with E-state index in [4.69, 9.17) is 4.55 Å². The van der Waals surface area contributed by atoms with E-state index in [2.05, 4.69) is 4.74 Å². The molecule has 2 fully saturated rings. The second-order valence-corrected chi connectivity index (χ2v) is 7.61. The first kappa shape index (κ1) is 16.5. The predicted octanol–water partition coefficient (Wildman–Crippen LogP) is 2.17. The molecule has 0 aliphatic heterocycles. The minimum Gasteiger partial charge on any atom is -0.448 e. The molecule has 2 saturated carbocycles. The van der Waals surface area contributed by atoms with Gasteiger partial charge in [0.25, 0.3) is 10.1 Å². The second-order valence-electron chi connectivity index (χ2n) is 6.16. The van der Waals surface area contributed by atoms with Crippen molar-refractivity contribution < 1.29 is 35.7 Å². The highest BCUT2D eigenvalue weighted by atomic mass is 32.2. The molecular formula is C12H17F3O5S. The lowest BCUT2D eigenvalue weighted by Gasteiger charge is -2.32. The van der Waals surface area contributed by atoms with E-state index in [1.165, 1.54) is 0 Å². The van der Waals surface area contributed by atoms with Crippen molar-refractivity contribution in [3.63, 3.8) is 0 Å². The molecule has 2 rings (SSSR count). The molecule has 4 unspecified atom stereocenters. The molecule has 0 aromatic carbocycles. The quantitative estimate of drug-likeness (QED) is 0.631. The van der Waals surface area contributed by atoms with Crippen LogP contribution in [0, 0.1) is 17.8 Å². The molecule has 122 valence electrons. The minimum atomic E-state index is -5.09. The van der Waals surface area contributed by atoms with Gasteiger partial charge in [0.05, 0.1) is 5.92 Å². The van der Waals surface area contributed by atoms with Crippen molar-refractivity contribution in [3.8, 4) is 0 Å². The summed E-state index contributed by atoms with van der Waals surface area (Å²) in [6.07, 6.45) is -2.04. The van der Waals surface area contributed by atoms with Crippen LogP contribution in [0.4, 0.5) is 13.2 Å². The number of halogens is 3. The molecule has 0 amide bonds. The number of carbonyl (C=O) groups excluding carboxylic acids is 1. The van der Waals surface area contributed by atoms with Gasteiger partial charge in [-0.2, -0.15) is 21.6 Å². The summed E-state index contributed by atoms with van der Waals surface area (Å²) in [5.74, 6) is -2.97. The van der Waals surface area contributed by atoms with Crippen molar-refractivity contribution in [2.24, 2.45) is 17.8 Å². The van der Waals surface area contributed by atoms with Crippen LogP contribution in [-0.4, -0.2) is 36.5 Å². The first-order valence-corrected chi connectivity index (χ1v) is 8.27. The zero-order chi connectivity index (χ0) is 16.1. The largest absolute Gasteiger partial charge is 0.448 e. The number of hydrogen-bond acceptors (Lipinski definition) is 4. The van der Waals surface area contributed by atoms with Gasteiger partial charge in [0.2, 0.25) is 5.60 Å². The van der Waals surface area contributed by atoms with Crippen LogP contribution in [-0.2, 0) is 19.6 Å². The maximum atomic E-state index is 13.0. The number of alkyl halides is 3. The Morgan fingerprint density at radius 3 is 2.29 bits per heavy atom. The van der Waals surface area contributed by atoms with Gasteiger partial charge in [-0.05, 0) is 38.0 Å². The number of rotatable bonds is 4. The highest BCUT2D eigenvalue weighted by Gasteiger charge is 2.58. The van der Waals surface area contributed by atoms with Crippen molar-refractivity contribution in [1.29, 1.82) is 0 Å². The van der Waals surface area contributed by atoms with E-state index < -0.39 is 39.5 Å². The van der Waals surface area contributed by atoms with Gasteiger partial charge in [-0.1, -0.05) is 6.42 Å². The molecule has 0 spiro atoms. The normalized spacial score (nSPS) is 32.0. The van der Waals surface area contributed by atoms with Crippen LogP contribution < -0.4 is 0 Å². The third-order valence-electron chi connectivity index (χ3n) is 4.42. The molecule has 0 heterocycles. The first-order chi connectivity index (χ1) is 9.41.